The highest BCUT2D eigenvalue weighted by Gasteiger charge is 2.12. The third-order valence-electron chi connectivity index (χ3n) is 5.42. The fourth-order valence-electron chi connectivity index (χ4n) is 3.49. The molecule has 4 rings (SSSR count). The summed E-state index contributed by atoms with van der Waals surface area (Å²) in [4.78, 5) is 34.7. The van der Waals surface area contributed by atoms with E-state index in [-0.39, 0.29) is 5.56 Å². The number of carbonyl (C=O) groups is 1. The van der Waals surface area contributed by atoms with Gasteiger partial charge in [-0.05, 0) is 37.1 Å². The summed E-state index contributed by atoms with van der Waals surface area (Å²) in [5, 5.41) is 9.60. The molecule has 0 saturated carbocycles. The van der Waals surface area contributed by atoms with E-state index in [4.69, 9.17) is 14.7 Å². The van der Waals surface area contributed by atoms with E-state index in [0.29, 0.717) is 37.2 Å². The molecule has 0 spiro atoms. The van der Waals surface area contributed by atoms with Gasteiger partial charge in [0.25, 0.3) is 5.91 Å². The molecule has 1 amide bonds. The number of hydrogen-bond donors (Lipinski definition) is 2. The summed E-state index contributed by atoms with van der Waals surface area (Å²) in [6.45, 7) is 3.01. The number of amides is 1. The molecule has 0 radical (unpaired) electrons. The number of aryl methyl sites for hydroxylation is 1. The van der Waals surface area contributed by atoms with Crippen LogP contribution in [0.15, 0.2) is 49.2 Å². The zero-order chi connectivity index (χ0) is 24.8. The average molecular weight is 476 g/mol. The van der Waals surface area contributed by atoms with E-state index in [0.717, 1.165) is 27.7 Å². The first-order valence-electron chi connectivity index (χ1n) is 10.9. The molecule has 11 nitrogen and oxygen atoms in total. The minimum absolute atomic E-state index is 0.170. The van der Waals surface area contributed by atoms with E-state index in [1.54, 1.807) is 18.8 Å². The maximum atomic E-state index is 11.4. The predicted molar refractivity (Wildman–Crippen MR) is 129 cm³/mol. The molecule has 4 aromatic rings. The van der Waals surface area contributed by atoms with Crippen LogP contribution in [-0.2, 0) is 0 Å². The number of ether oxygens (including phenoxy) is 2. The summed E-state index contributed by atoms with van der Waals surface area (Å²) in [6, 6.07) is 7.75. The van der Waals surface area contributed by atoms with Gasteiger partial charge >= 0.3 is 0 Å². The van der Waals surface area contributed by atoms with Crippen LogP contribution in [0.3, 0.4) is 0 Å². The van der Waals surface area contributed by atoms with Gasteiger partial charge in [0.05, 0.1) is 19.3 Å². The van der Waals surface area contributed by atoms with Crippen molar-refractivity contribution in [2.75, 3.05) is 32.2 Å². The lowest BCUT2D eigenvalue weighted by atomic mass is 10.0. The molecule has 35 heavy (non-hydrogen) atoms. The monoisotopic (exact) mass is 475 g/mol. The number of nitrogens with one attached hydrogen (secondary N) is 1. The lowest BCUT2D eigenvalue weighted by Gasteiger charge is -2.17. The summed E-state index contributed by atoms with van der Waals surface area (Å²) in [6.07, 6.45) is 6.69. The Morgan fingerprint density at radius 2 is 1.86 bits per heavy atom. The second kappa shape index (κ2) is 10.7. The van der Waals surface area contributed by atoms with Crippen LogP contribution in [0, 0.1) is 6.92 Å². The van der Waals surface area contributed by atoms with Crippen molar-refractivity contribution >= 4 is 22.8 Å². The molecule has 0 fully saturated rings. The van der Waals surface area contributed by atoms with Crippen LogP contribution < -0.4 is 19.9 Å². The van der Waals surface area contributed by atoms with Gasteiger partial charge in [-0.25, -0.2) is 30.4 Å². The smallest absolute Gasteiger partial charge is 0.277 e. The van der Waals surface area contributed by atoms with Crippen molar-refractivity contribution in [1.29, 1.82) is 0 Å². The van der Waals surface area contributed by atoms with Crippen LogP contribution in [0.1, 0.15) is 22.5 Å². The molecule has 0 atom stereocenters. The number of aromatic nitrogens is 5. The van der Waals surface area contributed by atoms with Gasteiger partial charge in [0.1, 0.15) is 17.6 Å². The lowest BCUT2D eigenvalue weighted by Crippen LogP contribution is -2.24. The Labute approximate surface area is 201 Å². The second-order valence-electron chi connectivity index (χ2n) is 7.76. The van der Waals surface area contributed by atoms with Crippen molar-refractivity contribution in [2.45, 2.75) is 13.3 Å². The van der Waals surface area contributed by atoms with Gasteiger partial charge in [-0.2, -0.15) is 0 Å². The number of anilines is 1. The number of hydroxylamine groups is 1. The Morgan fingerprint density at radius 1 is 1.06 bits per heavy atom. The quantitative estimate of drug-likeness (QED) is 0.211. The van der Waals surface area contributed by atoms with E-state index in [2.05, 4.69) is 24.9 Å². The summed E-state index contributed by atoms with van der Waals surface area (Å²) >= 11 is 0. The fraction of sp³-hybridized carbons (Fsp3) is 0.250. The van der Waals surface area contributed by atoms with Crippen LogP contribution in [0.2, 0.25) is 0 Å². The number of methoxy groups -OCH3 is 1. The first kappa shape index (κ1) is 23.8. The fourth-order valence-corrected chi connectivity index (χ4v) is 3.49. The van der Waals surface area contributed by atoms with Gasteiger partial charge in [0.15, 0.2) is 0 Å². The molecule has 0 aliphatic heterocycles. The molecule has 0 unspecified atom stereocenters. The van der Waals surface area contributed by atoms with Gasteiger partial charge in [0.2, 0.25) is 11.8 Å². The van der Waals surface area contributed by atoms with Crippen molar-refractivity contribution in [3.63, 3.8) is 0 Å². The van der Waals surface area contributed by atoms with E-state index in [9.17, 15) is 4.79 Å². The Balaban J connectivity index is 1.46. The molecular formula is C24H25N7O4. The number of hydrogen-bond acceptors (Lipinski definition) is 10. The normalized spacial score (nSPS) is 10.7. The zero-order valence-corrected chi connectivity index (χ0v) is 19.6. The molecule has 0 aliphatic rings. The Bertz CT molecular complexity index is 1310. The Kier molecular flexibility index (Phi) is 7.27. The number of benzene rings is 1. The Hall–Kier alpha value is -4.38. The van der Waals surface area contributed by atoms with E-state index in [1.165, 1.54) is 18.7 Å². The number of rotatable bonds is 9. The highest BCUT2D eigenvalue weighted by molar-refractivity contribution is 5.92. The first-order valence-corrected chi connectivity index (χ1v) is 10.9. The number of nitrogens with zero attached hydrogens (tertiary/aromatic N) is 6. The molecule has 0 saturated heterocycles. The van der Waals surface area contributed by atoms with Crippen molar-refractivity contribution in [1.82, 2.24) is 30.4 Å². The maximum absolute atomic E-state index is 11.4. The average Bonchev–Trinajstić information content (AvgIpc) is 2.90. The molecule has 11 heteroatoms. The molecule has 3 aromatic heterocycles. The van der Waals surface area contributed by atoms with E-state index >= 15 is 0 Å². The lowest BCUT2D eigenvalue weighted by molar-refractivity contribution is 0.0705. The third-order valence-corrected chi connectivity index (χ3v) is 5.42. The molecule has 1 aromatic carbocycles. The van der Waals surface area contributed by atoms with E-state index in [1.807, 2.05) is 43.1 Å². The summed E-state index contributed by atoms with van der Waals surface area (Å²) in [7, 11) is 3.43. The predicted octanol–water partition coefficient (Wildman–Crippen LogP) is 2.82. The topological polar surface area (TPSA) is 135 Å². The second-order valence-corrected chi connectivity index (χ2v) is 7.76. The largest absolute Gasteiger partial charge is 0.491 e. The van der Waals surface area contributed by atoms with Gasteiger partial charge in [0, 0.05) is 54.9 Å². The molecule has 3 heterocycles. The van der Waals surface area contributed by atoms with Gasteiger partial charge in [-0.15, -0.1) is 0 Å². The van der Waals surface area contributed by atoms with Crippen molar-refractivity contribution in [3.8, 4) is 22.8 Å². The maximum Gasteiger partial charge on any atom is 0.277 e. The molecule has 180 valence electrons. The van der Waals surface area contributed by atoms with Gasteiger partial charge in [-0.3, -0.25) is 10.0 Å². The van der Waals surface area contributed by atoms with Crippen LogP contribution in [0.25, 0.3) is 22.0 Å². The SMILES string of the molecule is COc1ccc(-c2cc(OCCCN(C)c3ncc(C(=O)NO)cn3)c3ncnc(C)c3c2)cn1. The van der Waals surface area contributed by atoms with Crippen LogP contribution >= 0.6 is 0 Å². The molecular weight excluding hydrogens is 450 g/mol. The minimum atomic E-state index is -0.661. The highest BCUT2D eigenvalue weighted by atomic mass is 16.5. The molecule has 2 N–H and O–H groups in total. The third kappa shape index (κ3) is 5.41. The summed E-state index contributed by atoms with van der Waals surface area (Å²) in [5.41, 5.74) is 5.20. The summed E-state index contributed by atoms with van der Waals surface area (Å²) in [5.74, 6) is 1.01. The van der Waals surface area contributed by atoms with Gasteiger partial charge in [-0.1, -0.05) is 0 Å². The summed E-state index contributed by atoms with van der Waals surface area (Å²) < 4.78 is 11.3. The van der Waals surface area contributed by atoms with E-state index < -0.39 is 5.91 Å². The van der Waals surface area contributed by atoms with Crippen molar-refractivity contribution in [3.05, 3.63) is 60.4 Å². The number of pyridine rings is 1. The van der Waals surface area contributed by atoms with Crippen LogP contribution in [0.5, 0.6) is 11.6 Å². The molecule has 0 aliphatic carbocycles. The van der Waals surface area contributed by atoms with Gasteiger partial charge < -0.3 is 14.4 Å². The van der Waals surface area contributed by atoms with Crippen LogP contribution in [-0.4, -0.2) is 63.3 Å². The number of carbonyl (C=O) groups excluding carboxylic acids is 1. The number of fused-ring (bicyclic) bond motifs is 1. The zero-order valence-electron chi connectivity index (χ0n) is 19.6. The molecule has 0 bridgehead atoms. The highest BCUT2D eigenvalue weighted by Crippen LogP contribution is 2.32. The van der Waals surface area contributed by atoms with Crippen molar-refractivity contribution in [2.24, 2.45) is 0 Å². The van der Waals surface area contributed by atoms with Crippen molar-refractivity contribution < 1.29 is 19.5 Å². The van der Waals surface area contributed by atoms with Crippen LogP contribution in [0.4, 0.5) is 5.95 Å². The Morgan fingerprint density at radius 3 is 2.54 bits per heavy atom. The standard InChI is InChI=1S/C24H25N7O4/c1-15-19-9-17(16-5-6-21(34-3)25-11-16)10-20(22(19)29-14-28-15)35-8-4-7-31(2)24-26-12-18(13-27-24)23(32)30-33/h5-6,9-14,33H,4,7-8H2,1-3H3,(H,30,32). The first-order chi connectivity index (χ1) is 17.0. The minimum Gasteiger partial charge on any atom is -0.491 e.